The van der Waals surface area contributed by atoms with Crippen LogP contribution in [0.3, 0.4) is 0 Å². The Kier molecular flexibility index (Phi) is 4.80. The molecule has 1 heterocycles. The molecule has 0 aliphatic rings. The van der Waals surface area contributed by atoms with Gasteiger partial charge in [-0.3, -0.25) is 0 Å². The van der Waals surface area contributed by atoms with Crippen LogP contribution in [0.5, 0.6) is 0 Å². The summed E-state index contributed by atoms with van der Waals surface area (Å²) in [6.07, 6.45) is 5.69. The van der Waals surface area contributed by atoms with Gasteiger partial charge in [-0.05, 0) is 0 Å². The van der Waals surface area contributed by atoms with Crippen molar-refractivity contribution in [1.82, 2.24) is 9.55 Å². The summed E-state index contributed by atoms with van der Waals surface area (Å²) in [6.45, 7) is 6.59. The van der Waals surface area contributed by atoms with Crippen LogP contribution in [0.25, 0.3) is 5.70 Å². The molecule has 0 radical (unpaired) electrons. The summed E-state index contributed by atoms with van der Waals surface area (Å²) in [5.74, 6) is 0. The molecule has 2 aromatic carbocycles. The minimum absolute atomic E-state index is 0.275. The molecule has 1 aromatic heterocycles. The fraction of sp³-hybridized carbons (Fsp3) is 0.150. The van der Waals surface area contributed by atoms with Gasteiger partial charge >= 0.3 is 144 Å². The molecule has 0 fully saturated rings. The van der Waals surface area contributed by atoms with E-state index in [0.717, 1.165) is 0 Å². The van der Waals surface area contributed by atoms with E-state index >= 15 is 0 Å². The van der Waals surface area contributed by atoms with Crippen molar-refractivity contribution >= 4 is 25.1 Å². The van der Waals surface area contributed by atoms with Crippen LogP contribution in [0.4, 0.5) is 0 Å². The van der Waals surface area contributed by atoms with Gasteiger partial charge in [-0.2, -0.15) is 0 Å². The Balaban J connectivity index is 2.00. The Hall–Kier alpha value is -2.09. The Bertz CT molecular complexity index is 795. The van der Waals surface area contributed by atoms with E-state index in [9.17, 15) is 0 Å². The summed E-state index contributed by atoms with van der Waals surface area (Å²) >= 11 is 0.275. The van der Waals surface area contributed by atoms with Gasteiger partial charge in [0.2, 0.25) is 0 Å². The Morgan fingerprint density at radius 3 is 2.35 bits per heavy atom. The standard InChI is InChI=1S/C20H20N2Se/c1-15-11-16(2)20(17(3)12-15)23-13-19(22-10-9-21-14-22)18-7-5-4-6-8-18/h4-14H,1-3H3/b19-13-. The quantitative estimate of drug-likeness (QED) is 0.643. The van der Waals surface area contributed by atoms with Crippen LogP contribution >= 0.6 is 0 Å². The van der Waals surface area contributed by atoms with E-state index in [4.69, 9.17) is 0 Å². The third kappa shape index (κ3) is 3.64. The van der Waals surface area contributed by atoms with Gasteiger partial charge < -0.3 is 0 Å². The Morgan fingerprint density at radius 1 is 1.04 bits per heavy atom. The molecule has 0 amide bonds. The van der Waals surface area contributed by atoms with Crippen molar-refractivity contribution < 1.29 is 0 Å². The molecular formula is C20H20N2Se. The van der Waals surface area contributed by atoms with E-state index in [1.165, 1.54) is 32.4 Å². The molecule has 0 bridgehead atoms. The van der Waals surface area contributed by atoms with Crippen molar-refractivity contribution in [3.05, 3.63) is 88.4 Å². The number of nitrogens with zero attached hydrogens (tertiary/aromatic N) is 2. The normalized spacial score (nSPS) is 11.7. The fourth-order valence-corrected chi connectivity index (χ4v) is 4.81. The van der Waals surface area contributed by atoms with Crippen LogP contribution in [-0.4, -0.2) is 24.5 Å². The molecular weight excluding hydrogens is 347 g/mol. The molecule has 0 aliphatic carbocycles. The molecule has 2 nitrogen and oxygen atoms in total. The monoisotopic (exact) mass is 368 g/mol. The zero-order valence-corrected chi connectivity index (χ0v) is 15.4. The van der Waals surface area contributed by atoms with Crippen molar-refractivity contribution in [2.45, 2.75) is 20.8 Å². The number of benzene rings is 2. The van der Waals surface area contributed by atoms with E-state index in [-0.39, 0.29) is 15.0 Å². The summed E-state index contributed by atoms with van der Waals surface area (Å²) in [4.78, 5) is 6.56. The first-order valence-corrected chi connectivity index (χ1v) is 9.48. The van der Waals surface area contributed by atoms with E-state index in [2.05, 4.69) is 77.8 Å². The van der Waals surface area contributed by atoms with Gasteiger partial charge in [0.15, 0.2) is 0 Å². The van der Waals surface area contributed by atoms with Crippen LogP contribution in [0, 0.1) is 20.8 Å². The molecule has 0 N–H and O–H groups in total. The number of imidazole rings is 1. The third-order valence-corrected chi connectivity index (χ3v) is 6.31. The van der Waals surface area contributed by atoms with Crippen molar-refractivity contribution in [1.29, 1.82) is 0 Å². The maximum absolute atomic E-state index is 4.20. The summed E-state index contributed by atoms with van der Waals surface area (Å²) < 4.78 is 3.56. The summed E-state index contributed by atoms with van der Waals surface area (Å²) in [7, 11) is 0. The fourth-order valence-electron chi connectivity index (χ4n) is 2.76. The first kappa shape index (κ1) is 15.8. The molecule has 3 aromatic rings. The Morgan fingerprint density at radius 2 is 1.74 bits per heavy atom. The van der Waals surface area contributed by atoms with Crippen LogP contribution in [0.15, 0.2) is 66.2 Å². The van der Waals surface area contributed by atoms with Gasteiger partial charge in [0, 0.05) is 0 Å². The van der Waals surface area contributed by atoms with Crippen molar-refractivity contribution in [2.75, 3.05) is 0 Å². The topological polar surface area (TPSA) is 17.8 Å². The number of aryl methyl sites for hydroxylation is 3. The van der Waals surface area contributed by atoms with E-state index in [1.807, 2.05) is 18.7 Å². The van der Waals surface area contributed by atoms with E-state index in [1.54, 1.807) is 0 Å². The molecule has 116 valence electrons. The third-order valence-electron chi connectivity index (χ3n) is 3.75. The van der Waals surface area contributed by atoms with Crippen molar-refractivity contribution in [2.24, 2.45) is 0 Å². The second kappa shape index (κ2) is 6.99. The average molecular weight is 367 g/mol. The first-order valence-electron chi connectivity index (χ1n) is 7.63. The zero-order valence-electron chi connectivity index (χ0n) is 13.7. The van der Waals surface area contributed by atoms with Gasteiger partial charge in [-0.1, -0.05) is 0 Å². The van der Waals surface area contributed by atoms with Gasteiger partial charge in [-0.15, -0.1) is 0 Å². The summed E-state index contributed by atoms with van der Waals surface area (Å²) in [5.41, 5.74) is 6.52. The van der Waals surface area contributed by atoms with Gasteiger partial charge in [0.1, 0.15) is 0 Å². The maximum atomic E-state index is 4.20. The van der Waals surface area contributed by atoms with E-state index in [0.29, 0.717) is 0 Å². The number of aromatic nitrogens is 2. The molecule has 0 saturated heterocycles. The van der Waals surface area contributed by atoms with Crippen LogP contribution in [0.2, 0.25) is 0 Å². The molecule has 0 atom stereocenters. The van der Waals surface area contributed by atoms with Gasteiger partial charge in [-0.25, -0.2) is 0 Å². The predicted octanol–water partition coefficient (Wildman–Crippen LogP) is 3.68. The molecule has 0 unspecified atom stereocenters. The minimum atomic E-state index is 0.275. The second-order valence-corrected chi connectivity index (χ2v) is 7.53. The predicted molar refractivity (Wildman–Crippen MR) is 98.1 cm³/mol. The molecule has 0 saturated carbocycles. The second-order valence-electron chi connectivity index (χ2n) is 5.68. The molecule has 0 aliphatic heterocycles. The van der Waals surface area contributed by atoms with Crippen LogP contribution in [0.1, 0.15) is 22.3 Å². The molecule has 3 rings (SSSR count). The molecule has 3 heteroatoms. The van der Waals surface area contributed by atoms with E-state index < -0.39 is 0 Å². The van der Waals surface area contributed by atoms with Gasteiger partial charge in [0.05, 0.1) is 0 Å². The average Bonchev–Trinajstić information content (AvgIpc) is 3.05. The molecule has 0 spiro atoms. The zero-order chi connectivity index (χ0) is 16.2. The summed E-state index contributed by atoms with van der Waals surface area (Å²) in [6, 6.07) is 15.1. The SMILES string of the molecule is Cc1cc(C)c([Se]/C=C(/c2ccccc2)n2ccnc2)c(C)c1. The Labute approximate surface area is 144 Å². The molecule has 23 heavy (non-hydrogen) atoms. The number of hydrogen-bond acceptors (Lipinski definition) is 1. The van der Waals surface area contributed by atoms with Crippen molar-refractivity contribution in [3.8, 4) is 0 Å². The first-order chi connectivity index (χ1) is 11.1. The summed E-state index contributed by atoms with van der Waals surface area (Å²) in [5, 5.41) is 0. The van der Waals surface area contributed by atoms with Crippen molar-refractivity contribution in [3.63, 3.8) is 0 Å². The number of rotatable bonds is 4. The van der Waals surface area contributed by atoms with Crippen LogP contribution < -0.4 is 4.46 Å². The van der Waals surface area contributed by atoms with Gasteiger partial charge in [0.25, 0.3) is 0 Å². The number of hydrogen-bond donors (Lipinski definition) is 0. The van der Waals surface area contributed by atoms with Crippen LogP contribution in [-0.2, 0) is 0 Å².